The Balaban J connectivity index is 2.49. The van der Waals surface area contributed by atoms with E-state index in [1.54, 1.807) is 12.1 Å². The van der Waals surface area contributed by atoms with Gasteiger partial charge in [-0.1, -0.05) is 19.1 Å². The second-order valence-corrected chi connectivity index (χ2v) is 4.11. The number of hydrogen-bond acceptors (Lipinski definition) is 3. The first-order chi connectivity index (χ1) is 8.52. The number of carbonyl (C=O) groups is 2. The van der Waals surface area contributed by atoms with E-state index in [4.69, 9.17) is 5.73 Å². The molecule has 0 heterocycles. The molecule has 4 N–H and O–H groups in total. The molecule has 5 nitrogen and oxygen atoms in total. The number of anilines is 1. The van der Waals surface area contributed by atoms with Crippen molar-refractivity contribution >= 4 is 17.5 Å². The Morgan fingerprint density at radius 2 is 1.89 bits per heavy atom. The molecule has 0 fully saturated rings. The minimum Gasteiger partial charge on any atom is -0.351 e. The van der Waals surface area contributed by atoms with Gasteiger partial charge in [0.25, 0.3) is 0 Å². The zero-order chi connectivity index (χ0) is 13.5. The van der Waals surface area contributed by atoms with Crippen LogP contribution in [0.4, 0.5) is 5.69 Å². The van der Waals surface area contributed by atoms with E-state index in [1.165, 1.54) is 6.92 Å². The van der Waals surface area contributed by atoms with Crippen molar-refractivity contribution < 1.29 is 9.59 Å². The molecule has 5 heteroatoms. The maximum absolute atomic E-state index is 11.5. The van der Waals surface area contributed by atoms with Gasteiger partial charge in [0, 0.05) is 19.2 Å². The third-order valence-corrected chi connectivity index (χ3v) is 2.52. The normalized spacial score (nSPS) is 11.7. The standard InChI is InChI=1S/C13H19N3O2/c1-3-12(14)13(18)15-8-10-4-6-11(7-5-10)16-9(2)17/h4-7,12H,3,8,14H2,1-2H3,(H,15,18)(H,16,17). The van der Waals surface area contributed by atoms with E-state index in [0.29, 0.717) is 13.0 Å². The van der Waals surface area contributed by atoms with Crippen molar-refractivity contribution in [2.24, 2.45) is 5.73 Å². The van der Waals surface area contributed by atoms with Gasteiger partial charge in [-0.05, 0) is 24.1 Å². The summed E-state index contributed by atoms with van der Waals surface area (Å²) in [7, 11) is 0. The number of carbonyl (C=O) groups excluding carboxylic acids is 2. The number of amides is 2. The van der Waals surface area contributed by atoms with Crippen LogP contribution in [0.1, 0.15) is 25.8 Å². The number of benzene rings is 1. The van der Waals surface area contributed by atoms with Crippen molar-refractivity contribution in [3.05, 3.63) is 29.8 Å². The SMILES string of the molecule is CCC(N)C(=O)NCc1ccc(NC(C)=O)cc1. The van der Waals surface area contributed by atoms with Crippen LogP contribution in [0.5, 0.6) is 0 Å². The summed E-state index contributed by atoms with van der Waals surface area (Å²) < 4.78 is 0. The average Bonchev–Trinajstić information content (AvgIpc) is 2.36. The Labute approximate surface area is 107 Å². The molecule has 1 atom stereocenters. The van der Waals surface area contributed by atoms with Crippen molar-refractivity contribution in [1.82, 2.24) is 5.32 Å². The minimum absolute atomic E-state index is 0.107. The summed E-state index contributed by atoms with van der Waals surface area (Å²) in [6, 6.07) is 6.83. The highest BCUT2D eigenvalue weighted by molar-refractivity contribution is 5.88. The summed E-state index contributed by atoms with van der Waals surface area (Å²) in [6.07, 6.45) is 0.618. The minimum atomic E-state index is -0.455. The molecule has 2 amide bonds. The molecule has 1 unspecified atom stereocenters. The molecule has 0 aromatic heterocycles. The lowest BCUT2D eigenvalue weighted by Crippen LogP contribution is -2.39. The predicted octanol–water partition coefficient (Wildman–Crippen LogP) is 0.998. The second-order valence-electron chi connectivity index (χ2n) is 4.11. The van der Waals surface area contributed by atoms with Crippen LogP contribution in [0.3, 0.4) is 0 Å². The Morgan fingerprint density at radius 3 is 2.39 bits per heavy atom. The molecule has 0 aliphatic rings. The van der Waals surface area contributed by atoms with Crippen LogP contribution in [0, 0.1) is 0 Å². The van der Waals surface area contributed by atoms with Crippen LogP contribution in [0.2, 0.25) is 0 Å². The molecule has 0 saturated carbocycles. The van der Waals surface area contributed by atoms with Gasteiger partial charge in [-0.3, -0.25) is 9.59 Å². The molecular formula is C13H19N3O2. The molecule has 0 radical (unpaired) electrons. The molecule has 0 bridgehead atoms. The highest BCUT2D eigenvalue weighted by Crippen LogP contribution is 2.09. The molecule has 0 saturated heterocycles. The van der Waals surface area contributed by atoms with E-state index in [0.717, 1.165) is 11.3 Å². The van der Waals surface area contributed by atoms with Gasteiger partial charge >= 0.3 is 0 Å². The highest BCUT2D eigenvalue weighted by atomic mass is 16.2. The topological polar surface area (TPSA) is 84.2 Å². The summed E-state index contributed by atoms with van der Waals surface area (Å²) in [6.45, 7) is 3.76. The number of rotatable bonds is 5. The van der Waals surface area contributed by atoms with Crippen molar-refractivity contribution in [1.29, 1.82) is 0 Å². The third-order valence-electron chi connectivity index (χ3n) is 2.52. The smallest absolute Gasteiger partial charge is 0.237 e. The van der Waals surface area contributed by atoms with Gasteiger partial charge in [-0.2, -0.15) is 0 Å². The van der Waals surface area contributed by atoms with Crippen LogP contribution in [-0.2, 0) is 16.1 Å². The number of hydrogen-bond donors (Lipinski definition) is 3. The van der Waals surface area contributed by atoms with Crippen LogP contribution in [0.15, 0.2) is 24.3 Å². The first-order valence-electron chi connectivity index (χ1n) is 5.92. The molecule has 18 heavy (non-hydrogen) atoms. The van der Waals surface area contributed by atoms with Gasteiger partial charge in [0.2, 0.25) is 11.8 Å². The first kappa shape index (κ1) is 14.2. The zero-order valence-corrected chi connectivity index (χ0v) is 10.7. The van der Waals surface area contributed by atoms with Gasteiger partial charge in [0.1, 0.15) is 0 Å². The summed E-state index contributed by atoms with van der Waals surface area (Å²) >= 11 is 0. The Kier molecular flexibility index (Phi) is 5.32. The average molecular weight is 249 g/mol. The Bertz CT molecular complexity index is 415. The van der Waals surface area contributed by atoms with Crippen molar-refractivity contribution in [2.45, 2.75) is 32.9 Å². The van der Waals surface area contributed by atoms with E-state index in [-0.39, 0.29) is 11.8 Å². The monoisotopic (exact) mass is 249 g/mol. The van der Waals surface area contributed by atoms with Gasteiger partial charge in [0.15, 0.2) is 0 Å². The zero-order valence-electron chi connectivity index (χ0n) is 10.7. The fourth-order valence-corrected chi connectivity index (χ4v) is 1.41. The maximum Gasteiger partial charge on any atom is 0.237 e. The second kappa shape index (κ2) is 6.76. The summed E-state index contributed by atoms with van der Waals surface area (Å²) in [4.78, 5) is 22.3. The Morgan fingerprint density at radius 1 is 1.28 bits per heavy atom. The highest BCUT2D eigenvalue weighted by Gasteiger charge is 2.09. The fourth-order valence-electron chi connectivity index (χ4n) is 1.41. The Hall–Kier alpha value is -1.88. The van der Waals surface area contributed by atoms with E-state index < -0.39 is 6.04 Å². The molecular weight excluding hydrogens is 230 g/mol. The molecule has 98 valence electrons. The van der Waals surface area contributed by atoms with Crippen molar-refractivity contribution in [2.75, 3.05) is 5.32 Å². The largest absolute Gasteiger partial charge is 0.351 e. The molecule has 0 aliphatic carbocycles. The first-order valence-corrected chi connectivity index (χ1v) is 5.92. The summed E-state index contributed by atoms with van der Waals surface area (Å²) in [5.74, 6) is -0.256. The number of nitrogens with one attached hydrogen (secondary N) is 2. The summed E-state index contributed by atoms with van der Waals surface area (Å²) in [5.41, 5.74) is 7.30. The van der Waals surface area contributed by atoms with E-state index in [2.05, 4.69) is 10.6 Å². The maximum atomic E-state index is 11.5. The number of nitrogens with two attached hydrogens (primary N) is 1. The van der Waals surface area contributed by atoms with Gasteiger partial charge < -0.3 is 16.4 Å². The quantitative estimate of drug-likeness (QED) is 0.727. The lowest BCUT2D eigenvalue weighted by atomic mass is 10.2. The fraction of sp³-hybridized carbons (Fsp3) is 0.385. The molecule has 1 rings (SSSR count). The van der Waals surface area contributed by atoms with Crippen LogP contribution >= 0.6 is 0 Å². The molecule has 1 aromatic carbocycles. The van der Waals surface area contributed by atoms with Crippen molar-refractivity contribution in [3.8, 4) is 0 Å². The van der Waals surface area contributed by atoms with Gasteiger partial charge in [0.05, 0.1) is 6.04 Å². The van der Waals surface area contributed by atoms with Gasteiger partial charge in [-0.15, -0.1) is 0 Å². The predicted molar refractivity (Wildman–Crippen MR) is 70.9 cm³/mol. The van der Waals surface area contributed by atoms with Crippen LogP contribution in [0.25, 0.3) is 0 Å². The lowest BCUT2D eigenvalue weighted by molar-refractivity contribution is -0.122. The molecule has 0 aliphatic heterocycles. The lowest BCUT2D eigenvalue weighted by Gasteiger charge is -2.10. The van der Waals surface area contributed by atoms with E-state index >= 15 is 0 Å². The van der Waals surface area contributed by atoms with Crippen LogP contribution < -0.4 is 16.4 Å². The van der Waals surface area contributed by atoms with E-state index in [1.807, 2.05) is 19.1 Å². The van der Waals surface area contributed by atoms with Crippen LogP contribution in [-0.4, -0.2) is 17.9 Å². The summed E-state index contributed by atoms with van der Waals surface area (Å²) in [5, 5.41) is 5.44. The molecule has 0 spiro atoms. The van der Waals surface area contributed by atoms with E-state index in [9.17, 15) is 9.59 Å². The van der Waals surface area contributed by atoms with Crippen molar-refractivity contribution in [3.63, 3.8) is 0 Å². The third kappa shape index (κ3) is 4.55. The molecule has 1 aromatic rings. The van der Waals surface area contributed by atoms with Gasteiger partial charge in [-0.25, -0.2) is 0 Å².